The molecule has 35 heavy (non-hydrogen) atoms. The molecular formula is C31H23N3S. The molecule has 5 aromatic rings. The molecule has 0 radical (unpaired) electrons. The van der Waals surface area contributed by atoms with Crippen LogP contribution in [0.25, 0.3) is 0 Å². The predicted molar refractivity (Wildman–Crippen MR) is 147 cm³/mol. The number of benzene rings is 5. The smallest absolute Gasteiger partial charge is 0.138 e. The SMILES string of the molecule is N#CSc1ccc(N(c2ccccc2)c2ccc(N(c3ccccc3)c3ccccc3)cc2)cc1. The molecule has 0 aliphatic heterocycles. The van der Waals surface area contributed by atoms with Gasteiger partial charge in [-0.1, -0.05) is 54.6 Å². The quantitative estimate of drug-likeness (QED) is 0.175. The Labute approximate surface area is 210 Å². The van der Waals surface area contributed by atoms with Crippen LogP contribution >= 0.6 is 11.8 Å². The Morgan fingerprint density at radius 2 is 0.686 bits per heavy atom. The molecule has 0 saturated carbocycles. The monoisotopic (exact) mass is 469 g/mol. The highest BCUT2D eigenvalue weighted by Gasteiger charge is 2.15. The molecule has 0 spiro atoms. The van der Waals surface area contributed by atoms with Crippen molar-refractivity contribution in [2.45, 2.75) is 4.90 Å². The van der Waals surface area contributed by atoms with Crippen LogP contribution in [0, 0.1) is 10.7 Å². The van der Waals surface area contributed by atoms with Gasteiger partial charge in [0.2, 0.25) is 0 Å². The number of nitriles is 1. The summed E-state index contributed by atoms with van der Waals surface area (Å²) in [4.78, 5) is 5.41. The normalized spacial score (nSPS) is 10.4. The molecule has 0 amide bonds. The maximum Gasteiger partial charge on any atom is 0.138 e. The molecule has 168 valence electrons. The number of anilines is 6. The summed E-state index contributed by atoms with van der Waals surface area (Å²) in [6, 6.07) is 47.8. The van der Waals surface area contributed by atoms with Crippen molar-refractivity contribution in [2.75, 3.05) is 9.80 Å². The average Bonchev–Trinajstić information content (AvgIpc) is 2.93. The van der Waals surface area contributed by atoms with Crippen molar-refractivity contribution in [1.29, 1.82) is 5.26 Å². The second-order valence-electron chi connectivity index (χ2n) is 7.88. The van der Waals surface area contributed by atoms with Crippen LogP contribution in [-0.4, -0.2) is 0 Å². The molecule has 0 fully saturated rings. The molecule has 0 saturated heterocycles. The van der Waals surface area contributed by atoms with Gasteiger partial charge in [0.15, 0.2) is 0 Å². The van der Waals surface area contributed by atoms with Crippen molar-refractivity contribution in [2.24, 2.45) is 0 Å². The Morgan fingerprint density at radius 1 is 0.400 bits per heavy atom. The molecule has 0 unspecified atom stereocenters. The summed E-state index contributed by atoms with van der Waals surface area (Å²) in [5.74, 6) is 0. The summed E-state index contributed by atoms with van der Waals surface area (Å²) >= 11 is 1.17. The van der Waals surface area contributed by atoms with Crippen molar-refractivity contribution < 1.29 is 0 Å². The molecule has 0 N–H and O–H groups in total. The van der Waals surface area contributed by atoms with Gasteiger partial charge >= 0.3 is 0 Å². The molecule has 0 heterocycles. The van der Waals surface area contributed by atoms with E-state index in [1.54, 1.807) is 0 Å². The van der Waals surface area contributed by atoms with Gasteiger partial charge in [-0.25, -0.2) is 0 Å². The van der Waals surface area contributed by atoms with Crippen molar-refractivity contribution in [1.82, 2.24) is 0 Å². The first kappa shape index (κ1) is 22.3. The van der Waals surface area contributed by atoms with Gasteiger partial charge in [-0.15, -0.1) is 0 Å². The van der Waals surface area contributed by atoms with E-state index in [2.05, 4.69) is 112 Å². The van der Waals surface area contributed by atoms with Gasteiger partial charge in [0.25, 0.3) is 0 Å². The topological polar surface area (TPSA) is 30.3 Å². The second kappa shape index (κ2) is 10.6. The summed E-state index contributed by atoms with van der Waals surface area (Å²) in [5, 5.41) is 11.1. The zero-order valence-corrected chi connectivity index (χ0v) is 19.8. The Kier molecular flexibility index (Phi) is 6.79. The molecule has 0 aromatic heterocycles. The number of hydrogen-bond acceptors (Lipinski definition) is 4. The lowest BCUT2D eigenvalue weighted by atomic mass is 10.1. The van der Waals surface area contributed by atoms with E-state index < -0.39 is 0 Å². The minimum atomic E-state index is 0.931. The molecule has 0 aliphatic carbocycles. The van der Waals surface area contributed by atoms with E-state index >= 15 is 0 Å². The third-order valence-corrected chi connectivity index (χ3v) is 6.27. The number of para-hydroxylation sites is 3. The number of nitrogens with zero attached hydrogens (tertiary/aromatic N) is 3. The molecule has 5 aromatic carbocycles. The molecule has 0 atom stereocenters. The van der Waals surface area contributed by atoms with Gasteiger partial charge in [0.1, 0.15) is 5.40 Å². The highest BCUT2D eigenvalue weighted by molar-refractivity contribution is 8.03. The maximum absolute atomic E-state index is 8.99. The first-order valence-electron chi connectivity index (χ1n) is 11.3. The molecule has 0 bridgehead atoms. The number of thiocyanates is 1. The Bertz CT molecular complexity index is 1360. The first-order valence-corrected chi connectivity index (χ1v) is 12.2. The van der Waals surface area contributed by atoms with Crippen LogP contribution < -0.4 is 9.80 Å². The average molecular weight is 470 g/mol. The van der Waals surface area contributed by atoms with Crippen LogP contribution in [0.1, 0.15) is 0 Å². The molecule has 3 nitrogen and oxygen atoms in total. The van der Waals surface area contributed by atoms with E-state index in [4.69, 9.17) is 5.26 Å². The van der Waals surface area contributed by atoms with Gasteiger partial charge in [-0.2, -0.15) is 5.26 Å². The van der Waals surface area contributed by atoms with Crippen molar-refractivity contribution >= 4 is 45.9 Å². The Hall–Kier alpha value is -4.46. The zero-order valence-electron chi connectivity index (χ0n) is 19.0. The fraction of sp³-hybridized carbons (Fsp3) is 0. The molecule has 4 heteroatoms. The lowest BCUT2D eigenvalue weighted by molar-refractivity contribution is 1.25. The van der Waals surface area contributed by atoms with E-state index in [0.717, 1.165) is 39.0 Å². The highest BCUT2D eigenvalue weighted by atomic mass is 32.2. The minimum absolute atomic E-state index is 0.931. The van der Waals surface area contributed by atoms with E-state index in [9.17, 15) is 0 Å². The molecule has 0 aliphatic rings. The van der Waals surface area contributed by atoms with E-state index in [1.807, 2.05) is 42.5 Å². The summed E-state index contributed by atoms with van der Waals surface area (Å²) < 4.78 is 0. The van der Waals surface area contributed by atoms with E-state index in [1.165, 1.54) is 11.8 Å². The summed E-state index contributed by atoms with van der Waals surface area (Å²) in [6.45, 7) is 0. The Balaban J connectivity index is 1.55. The maximum atomic E-state index is 8.99. The lowest BCUT2D eigenvalue weighted by Gasteiger charge is -2.28. The van der Waals surface area contributed by atoms with Crippen LogP contribution in [-0.2, 0) is 0 Å². The second-order valence-corrected chi connectivity index (χ2v) is 8.74. The minimum Gasteiger partial charge on any atom is -0.311 e. The Morgan fingerprint density at radius 3 is 1.00 bits per heavy atom. The van der Waals surface area contributed by atoms with Crippen molar-refractivity contribution in [3.63, 3.8) is 0 Å². The van der Waals surface area contributed by atoms with Crippen LogP contribution in [0.2, 0.25) is 0 Å². The van der Waals surface area contributed by atoms with Gasteiger partial charge in [-0.05, 0) is 96.7 Å². The number of rotatable bonds is 7. The van der Waals surface area contributed by atoms with Crippen molar-refractivity contribution in [3.05, 3.63) is 140 Å². The summed E-state index contributed by atoms with van der Waals surface area (Å²) in [7, 11) is 0. The fourth-order valence-electron chi connectivity index (χ4n) is 4.09. The van der Waals surface area contributed by atoms with Crippen molar-refractivity contribution in [3.8, 4) is 5.40 Å². The van der Waals surface area contributed by atoms with Crippen LogP contribution in [0.4, 0.5) is 34.1 Å². The van der Waals surface area contributed by atoms with Gasteiger partial charge < -0.3 is 9.80 Å². The van der Waals surface area contributed by atoms with Gasteiger partial charge in [0, 0.05) is 39.0 Å². The number of hydrogen-bond donors (Lipinski definition) is 0. The van der Waals surface area contributed by atoms with Crippen LogP contribution in [0.5, 0.6) is 0 Å². The van der Waals surface area contributed by atoms with Crippen LogP contribution in [0.15, 0.2) is 144 Å². The van der Waals surface area contributed by atoms with Gasteiger partial charge in [-0.3, -0.25) is 0 Å². The summed E-state index contributed by atoms with van der Waals surface area (Å²) in [5.41, 5.74) is 6.47. The predicted octanol–water partition coefficient (Wildman–Crippen LogP) is 9.20. The van der Waals surface area contributed by atoms with E-state index in [0.29, 0.717) is 0 Å². The first-order chi connectivity index (χ1) is 17.3. The number of thioether (sulfide) groups is 1. The zero-order chi connectivity index (χ0) is 23.9. The fourth-order valence-corrected chi connectivity index (χ4v) is 4.47. The van der Waals surface area contributed by atoms with Gasteiger partial charge in [0.05, 0.1) is 0 Å². The van der Waals surface area contributed by atoms with Crippen LogP contribution in [0.3, 0.4) is 0 Å². The standard InChI is InChI=1S/C31H23N3S/c32-24-35-31-22-20-30(21-23-31)34(27-14-8-3-9-15-27)29-18-16-28(17-19-29)33(25-10-4-1-5-11-25)26-12-6-2-7-13-26/h1-23H. The highest BCUT2D eigenvalue weighted by Crippen LogP contribution is 2.39. The third kappa shape index (κ3) is 5.06. The largest absolute Gasteiger partial charge is 0.311 e. The van der Waals surface area contributed by atoms with E-state index in [-0.39, 0.29) is 0 Å². The molecular weight excluding hydrogens is 446 g/mol. The lowest BCUT2D eigenvalue weighted by Crippen LogP contribution is -2.12. The molecule has 5 rings (SSSR count). The third-order valence-electron chi connectivity index (χ3n) is 5.67. The summed E-state index contributed by atoms with van der Waals surface area (Å²) in [6.07, 6.45) is 0.